The highest BCUT2D eigenvalue weighted by Gasteiger charge is 2.48. The molecule has 0 radical (unpaired) electrons. The van der Waals surface area contributed by atoms with Crippen LogP contribution >= 0.6 is 11.6 Å². The van der Waals surface area contributed by atoms with Gasteiger partial charge in [0.05, 0.1) is 22.6 Å². The van der Waals surface area contributed by atoms with E-state index in [1.165, 1.54) is 11.0 Å². The zero-order valence-electron chi connectivity index (χ0n) is 15.8. The van der Waals surface area contributed by atoms with Crippen molar-refractivity contribution in [3.8, 4) is 11.1 Å². The lowest BCUT2D eigenvalue weighted by Gasteiger charge is -2.55. The van der Waals surface area contributed by atoms with Gasteiger partial charge in [-0.25, -0.2) is 9.18 Å². The van der Waals surface area contributed by atoms with Gasteiger partial charge in [0.2, 0.25) is 0 Å². The summed E-state index contributed by atoms with van der Waals surface area (Å²) in [6.07, 6.45) is 1.41. The Labute approximate surface area is 176 Å². The summed E-state index contributed by atoms with van der Waals surface area (Å²) < 4.78 is 14.9. The van der Waals surface area contributed by atoms with Gasteiger partial charge in [-0.1, -0.05) is 29.8 Å². The van der Waals surface area contributed by atoms with E-state index in [2.05, 4.69) is 4.98 Å². The average molecular weight is 426 g/mol. The quantitative estimate of drug-likeness (QED) is 0.665. The van der Waals surface area contributed by atoms with Gasteiger partial charge in [-0.2, -0.15) is 0 Å². The zero-order valence-corrected chi connectivity index (χ0v) is 16.5. The Hall–Kier alpha value is -3.19. The number of pyridine rings is 1. The summed E-state index contributed by atoms with van der Waals surface area (Å²) in [6, 6.07) is 11.2. The van der Waals surface area contributed by atoms with E-state index in [0.717, 1.165) is 11.8 Å². The smallest absolute Gasteiger partial charge is 0.407 e. The van der Waals surface area contributed by atoms with Gasteiger partial charge >= 0.3 is 6.09 Å². The molecule has 3 aliphatic heterocycles. The first kappa shape index (κ1) is 18.8. The number of amides is 2. The van der Waals surface area contributed by atoms with Crippen molar-refractivity contribution in [1.29, 1.82) is 0 Å². The summed E-state index contributed by atoms with van der Waals surface area (Å²) in [4.78, 5) is 31.3. The van der Waals surface area contributed by atoms with Crippen LogP contribution in [0.1, 0.15) is 16.8 Å². The third kappa shape index (κ3) is 2.97. The van der Waals surface area contributed by atoms with Gasteiger partial charge in [-0.3, -0.25) is 9.78 Å². The average Bonchev–Trinajstić information content (AvgIpc) is 2.73. The molecule has 2 amide bonds. The number of carbonyl (C=O) groups excluding carboxylic acids is 1. The molecule has 0 saturated carbocycles. The van der Waals surface area contributed by atoms with Crippen molar-refractivity contribution in [1.82, 2.24) is 14.8 Å². The second-order valence-corrected chi connectivity index (χ2v) is 8.07. The maximum atomic E-state index is 14.9. The molecule has 152 valence electrons. The van der Waals surface area contributed by atoms with Crippen LogP contribution in [0.3, 0.4) is 0 Å². The number of fused-ring (bicyclic) bond motifs is 3. The fraction of sp³-hybridized carbons (Fsp3) is 0.227. The van der Waals surface area contributed by atoms with Crippen LogP contribution in [0.5, 0.6) is 0 Å². The van der Waals surface area contributed by atoms with Gasteiger partial charge in [-0.15, -0.1) is 0 Å². The van der Waals surface area contributed by atoms with Gasteiger partial charge < -0.3 is 14.9 Å². The van der Waals surface area contributed by atoms with E-state index >= 15 is 0 Å². The van der Waals surface area contributed by atoms with Gasteiger partial charge in [-0.05, 0) is 36.2 Å². The number of hydrogen-bond acceptors (Lipinski definition) is 3. The zero-order chi connectivity index (χ0) is 21.0. The molecule has 30 heavy (non-hydrogen) atoms. The molecule has 3 aromatic rings. The molecule has 8 heteroatoms. The van der Waals surface area contributed by atoms with Crippen LogP contribution in [0.15, 0.2) is 48.7 Å². The number of piperidine rings is 1. The van der Waals surface area contributed by atoms with Crippen molar-refractivity contribution in [2.75, 3.05) is 13.1 Å². The minimum absolute atomic E-state index is 0.147. The standard InChI is InChI=1S/C22H17ClFN3O3/c23-18-5-6-25-20-8-12(1-4-17(18)20)16-3-2-13(7-19(16)24)21(28)27-14-9-15(27)11-26(10-14)22(29)30/h1-8,14-15H,9-11H2,(H,29,30)/t14-,15+. The van der Waals surface area contributed by atoms with Crippen molar-refractivity contribution in [3.63, 3.8) is 0 Å². The molecule has 6 rings (SSSR count). The number of carboxylic acid groups (broad SMARTS) is 1. The highest BCUT2D eigenvalue weighted by Crippen LogP contribution is 2.35. The van der Waals surface area contributed by atoms with Gasteiger partial charge in [0.1, 0.15) is 5.82 Å². The first-order valence-corrected chi connectivity index (χ1v) is 9.95. The van der Waals surface area contributed by atoms with Gasteiger partial charge in [0, 0.05) is 35.8 Å². The first-order chi connectivity index (χ1) is 14.4. The lowest BCUT2D eigenvalue weighted by molar-refractivity contribution is -0.0408. The maximum Gasteiger partial charge on any atom is 0.407 e. The van der Waals surface area contributed by atoms with Crippen molar-refractivity contribution >= 4 is 34.5 Å². The second-order valence-electron chi connectivity index (χ2n) is 7.66. The summed E-state index contributed by atoms with van der Waals surface area (Å²) in [6.45, 7) is 0.593. The van der Waals surface area contributed by atoms with Crippen molar-refractivity contribution in [2.24, 2.45) is 0 Å². The summed E-state index contributed by atoms with van der Waals surface area (Å²) >= 11 is 6.17. The molecule has 3 saturated heterocycles. The first-order valence-electron chi connectivity index (χ1n) is 9.57. The van der Waals surface area contributed by atoms with Crippen LogP contribution in [0.4, 0.5) is 9.18 Å². The monoisotopic (exact) mass is 425 g/mol. The number of hydrogen-bond donors (Lipinski definition) is 1. The largest absolute Gasteiger partial charge is 0.465 e. The van der Waals surface area contributed by atoms with Gasteiger partial charge in [0.15, 0.2) is 0 Å². The number of carbonyl (C=O) groups is 2. The fourth-order valence-corrected chi connectivity index (χ4v) is 4.63. The molecule has 3 fully saturated rings. The molecule has 2 aromatic carbocycles. The molecule has 0 aliphatic carbocycles. The van der Waals surface area contributed by atoms with Crippen LogP contribution in [0.25, 0.3) is 22.0 Å². The Balaban J connectivity index is 1.40. The normalized spacial score (nSPS) is 20.2. The summed E-state index contributed by atoms with van der Waals surface area (Å²) in [5, 5.41) is 10.5. The van der Waals surface area contributed by atoms with Crippen LogP contribution < -0.4 is 0 Å². The van der Waals surface area contributed by atoms with Crippen LogP contribution in [-0.4, -0.2) is 57.1 Å². The molecule has 0 unspecified atom stereocenters. The molecule has 3 aliphatic rings. The van der Waals surface area contributed by atoms with E-state index in [4.69, 9.17) is 16.7 Å². The molecule has 1 aromatic heterocycles. The number of nitrogens with zero attached hydrogens (tertiary/aromatic N) is 3. The Kier molecular flexibility index (Phi) is 4.36. The van der Waals surface area contributed by atoms with Crippen molar-refractivity contribution < 1.29 is 19.1 Å². The summed E-state index contributed by atoms with van der Waals surface area (Å²) in [7, 11) is 0. The van der Waals surface area contributed by atoms with E-state index in [1.807, 2.05) is 0 Å². The minimum Gasteiger partial charge on any atom is -0.465 e. The van der Waals surface area contributed by atoms with E-state index in [9.17, 15) is 14.0 Å². The van der Waals surface area contributed by atoms with Crippen molar-refractivity contribution in [3.05, 3.63) is 65.1 Å². The third-order valence-corrected chi connectivity index (χ3v) is 6.24. The fourth-order valence-electron chi connectivity index (χ4n) is 4.41. The molecule has 4 heterocycles. The molecule has 0 spiro atoms. The van der Waals surface area contributed by atoms with E-state index in [0.29, 0.717) is 34.8 Å². The highest BCUT2D eigenvalue weighted by molar-refractivity contribution is 6.35. The number of piperazine rings is 1. The third-order valence-electron chi connectivity index (χ3n) is 5.91. The lowest BCUT2D eigenvalue weighted by Crippen LogP contribution is -2.70. The minimum atomic E-state index is -0.974. The number of benzene rings is 2. The van der Waals surface area contributed by atoms with E-state index in [1.54, 1.807) is 47.5 Å². The van der Waals surface area contributed by atoms with Crippen LogP contribution in [-0.2, 0) is 0 Å². The Morgan fingerprint density at radius 1 is 1.10 bits per heavy atom. The summed E-state index contributed by atoms with van der Waals surface area (Å²) in [5.41, 5.74) is 1.94. The van der Waals surface area contributed by atoms with E-state index in [-0.39, 0.29) is 23.6 Å². The molecule has 1 N–H and O–H groups in total. The Morgan fingerprint density at radius 3 is 2.57 bits per heavy atom. The topological polar surface area (TPSA) is 73.7 Å². The maximum absolute atomic E-state index is 14.9. The van der Waals surface area contributed by atoms with Gasteiger partial charge in [0.25, 0.3) is 5.91 Å². The predicted octanol–water partition coefficient (Wildman–Crippen LogP) is 4.27. The Bertz CT molecular complexity index is 1190. The molecule has 6 nitrogen and oxygen atoms in total. The molecular weight excluding hydrogens is 409 g/mol. The van der Waals surface area contributed by atoms with Crippen molar-refractivity contribution in [2.45, 2.75) is 18.5 Å². The predicted molar refractivity (Wildman–Crippen MR) is 110 cm³/mol. The summed E-state index contributed by atoms with van der Waals surface area (Å²) in [5.74, 6) is -0.765. The number of halogens is 2. The van der Waals surface area contributed by atoms with Crippen LogP contribution in [0.2, 0.25) is 5.02 Å². The van der Waals surface area contributed by atoms with E-state index < -0.39 is 11.9 Å². The molecule has 2 bridgehead atoms. The highest BCUT2D eigenvalue weighted by atomic mass is 35.5. The SMILES string of the molecule is O=C(O)N1C[C@H]2C[C@@H](C1)N2C(=O)c1ccc(-c2ccc3c(Cl)ccnc3c2)c(F)c1. The lowest BCUT2D eigenvalue weighted by atomic mass is 9.86. The Morgan fingerprint density at radius 2 is 1.87 bits per heavy atom. The second kappa shape index (κ2) is 6.95. The molecular formula is C22H17ClFN3O3. The number of aromatic nitrogens is 1. The molecule has 2 atom stereocenters. The van der Waals surface area contributed by atoms with Crippen LogP contribution in [0, 0.1) is 5.82 Å². The number of rotatable bonds is 2.